The molecule has 2 aromatic rings. The van der Waals surface area contributed by atoms with Crippen molar-refractivity contribution in [2.75, 3.05) is 7.11 Å². The van der Waals surface area contributed by atoms with Crippen LogP contribution in [0.4, 0.5) is 0 Å². The van der Waals surface area contributed by atoms with Crippen LogP contribution in [0.3, 0.4) is 0 Å². The molecule has 1 fully saturated rings. The summed E-state index contributed by atoms with van der Waals surface area (Å²) in [5, 5.41) is 3.06. The summed E-state index contributed by atoms with van der Waals surface area (Å²) in [5.41, 5.74) is 1.95. The van der Waals surface area contributed by atoms with E-state index in [1.54, 1.807) is 42.5 Å². The van der Waals surface area contributed by atoms with Crippen LogP contribution in [0.5, 0.6) is 5.75 Å². The Morgan fingerprint density at radius 1 is 1.07 bits per heavy atom. The third kappa shape index (κ3) is 3.26. The SMILES string of the molecule is COc1ccc(CN2C(=O)c3ccccc3C2=O)cc1C(=O)NC1CCCC1. The predicted molar refractivity (Wildman–Crippen MR) is 103 cm³/mol. The molecule has 6 heteroatoms. The van der Waals surface area contributed by atoms with Gasteiger partial charge < -0.3 is 10.1 Å². The minimum absolute atomic E-state index is 0.111. The second-order valence-electron chi connectivity index (χ2n) is 7.23. The fraction of sp³-hybridized carbons (Fsp3) is 0.318. The van der Waals surface area contributed by atoms with E-state index >= 15 is 0 Å². The Bertz CT molecular complexity index is 912. The molecular formula is C22H22N2O4. The summed E-state index contributed by atoms with van der Waals surface area (Å²) in [5.74, 6) is -0.337. The Kier molecular flexibility index (Phi) is 4.86. The van der Waals surface area contributed by atoms with Gasteiger partial charge in [-0.15, -0.1) is 0 Å². The maximum Gasteiger partial charge on any atom is 0.261 e. The molecule has 2 aromatic carbocycles. The second-order valence-corrected chi connectivity index (χ2v) is 7.23. The average Bonchev–Trinajstić information content (AvgIpc) is 3.31. The first-order valence-electron chi connectivity index (χ1n) is 9.51. The molecule has 1 saturated carbocycles. The van der Waals surface area contributed by atoms with E-state index in [1.807, 2.05) is 0 Å². The molecule has 1 N–H and O–H groups in total. The summed E-state index contributed by atoms with van der Waals surface area (Å²) < 4.78 is 5.34. The Labute approximate surface area is 163 Å². The lowest BCUT2D eigenvalue weighted by atomic mass is 10.1. The number of benzene rings is 2. The van der Waals surface area contributed by atoms with E-state index in [0.717, 1.165) is 25.7 Å². The molecule has 0 atom stereocenters. The molecule has 4 rings (SSSR count). The van der Waals surface area contributed by atoms with E-state index in [2.05, 4.69) is 5.32 Å². The molecule has 0 unspecified atom stereocenters. The van der Waals surface area contributed by atoms with Crippen molar-refractivity contribution < 1.29 is 19.1 Å². The van der Waals surface area contributed by atoms with Gasteiger partial charge >= 0.3 is 0 Å². The Morgan fingerprint density at radius 3 is 2.32 bits per heavy atom. The van der Waals surface area contributed by atoms with Crippen LogP contribution in [-0.4, -0.2) is 35.8 Å². The summed E-state index contributed by atoms with van der Waals surface area (Å²) in [6.45, 7) is 0.111. The van der Waals surface area contributed by atoms with E-state index in [9.17, 15) is 14.4 Å². The van der Waals surface area contributed by atoms with Crippen LogP contribution in [0.15, 0.2) is 42.5 Å². The first kappa shape index (κ1) is 18.2. The maximum absolute atomic E-state index is 12.7. The molecule has 1 heterocycles. The van der Waals surface area contributed by atoms with Gasteiger partial charge in [0.05, 0.1) is 30.3 Å². The predicted octanol–water partition coefficient (Wildman–Crippen LogP) is 3.16. The van der Waals surface area contributed by atoms with Gasteiger partial charge in [-0.1, -0.05) is 31.0 Å². The van der Waals surface area contributed by atoms with Gasteiger partial charge in [0.1, 0.15) is 5.75 Å². The van der Waals surface area contributed by atoms with Gasteiger partial charge in [0, 0.05) is 6.04 Å². The molecule has 144 valence electrons. The zero-order chi connectivity index (χ0) is 19.7. The molecule has 28 heavy (non-hydrogen) atoms. The Hall–Kier alpha value is -3.15. The number of amides is 3. The number of ether oxygens (including phenoxy) is 1. The number of fused-ring (bicyclic) bond motifs is 1. The first-order valence-corrected chi connectivity index (χ1v) is 9.51. The molecule has 0 aromatic heterocycles. The molecule has 1 aliphatic carbocycles. The monoisotopic (exact) mass is 378 g/mol. The van der Waals surface area contributed by atoms with Crippen molar-refractivity contribution >= 4 is 17.7 Å². The van der Waals surface area contributed by atoms with Crippen molar-refractivity contribution in [1.82, 2.24) is 10.2 Å². The van der Waals surface area contributed by atoms with Gasteiger partial charge in [0.25, 0.3) is 17.7 Å². The Balaban J connectivity index is 1.56. The molecule has 3 amide bonds. The van der Waals surface area contributed by atoms with Crippen LogP contribution in [0, 0.1) is 0 Å². The van der Waals surface area contributed by atoms with Crippen molar-refractivity contribution in [3.8, 4) is 5.75 Å². The lowest BCUT2D eigenvalue weighted by Gasteiger charge is -2.17. The van der Waals surface area contributed by atoms with Crippen LogP contribution in [0.2, 0.25) is 0 Å². The summed E-state index contributed by atoms with van der Waals surface area (Å²) in [4.78, 5) is 39.1. The summed E-state index contributed by atoms with van der Waals surface area (Å²) >= 11 is 0. The van der Waals surface area contributed by atoms with E-state index in [1.165, 1.54) is 12.0 Å². The highest BCUT2D eigenvalue weighted by atomic mass is 16.5. The van der Waals surface area contributed by atoms with E-state index < -0.39 is 0 Å². The fourth-order valence-corrected chi connectivity index (χ4v) is 3.93. The Morgan fingerprint density at radius 2 is 1.71 bits per heavy atom. The minimum Gasteiger partial charge on any atom is -0.496 e. The summed E-state index contributed by atoms with van der Waals surface area (Å²) in [6, 6.07) is 12.2. The number of carbonyl (C=O) groups excluding carboxylic acids is 3. The quantitative estimate of drug-likeness (QED) is 0.811. The fourth-order valence-electron chi connectivity index (χ4n) is 3.93. The highest BCUT2D eigenvalue weighted by Crippen LogP contribution is 2.27. The first-order chi connectivity index (χ1) is 13.6. The lowest BCUT2D eigenvalue weighted by molar-refractivity contribution is 0.0642. The molecule has 2 aliphatic rings. The van der Waals surface area contributed by atoms with E-state index in [4.69, 9.17) is 4.74 Å². The zero-order valence-corrected chi connectivity index (χ0v) is 15.7. The number of methoxy groups -OCH3 is 1. The van der Waals surface area contributed by atoms with Crippen molar-refractivity contribution in [2.45, 2.75) is 38.3 Å². The minimum atomic E-state index is -0.312. The van der Waals surface area contributed by atoms with Crippen LogP contribution in [-0.2, 0) is 6.54 Å². The molecule has 6 nitrogen and oxygen atoms in total. The van der Waals surface area contributed by atoms with Crippen LogP contribution in [0.25, 0.3) is 0 Å². The molecule has 0 saturated heterocycles. The van der Waals surface area contributed by atoms with Crippen molar-refractivity contribution in [3.63, 3.8) is 0 Å². The zero-order valence-electron chi connectivity index (χ0n) is 15.7. The number of nitrogens with one attached hydrogen (secondary N) is 1. The smallest absolute Gasteiger partial charge is 0.261 e. The van der Waals surface area contributed by atoms with Gasteiger partial charge in [0.15, 0.2) is 0 Å². The van der Waals surface area contributed by atoms with Crippen molar-refractivity contribution in [3.05, 3.63) is 64.7 Å². The standard InChI is InChI=1S/C22H22N2O4/c1-28-19-11-10-14(12-18(19)20(25)23-15-6-2-3-7-15)13-24-21(26)16-8-4-5-9-17(16)22(24)27/h4-5,8-12,15H,2-3,6-7,13H2,1H3,(H,23,25). The molecule has 0 bridgehead atoms. The maximum atomic E-state index is 12.7. The molecule has 0 radical (unpaired) electrons. The topological polar surface area (TPSA) is 75.7 Å². The van der Waals surface area contributed by atoms with Crippen LogP contribution >= 0.6 is 0 Å². The lowest BCUT2D eigenvalue weighted by Crippen LogP contribution is -2.33. The van der Waals surface area contributed by atoms with Crippen molar-refractivity contribution in [2.24, 2.45) is 0 Å². The summed E-state index contributed by atoms with van der Waals surface area (Å²) in [7, 11) is 1.52. The number of carbonyl (C=O) groups is 3. The van der Waals surface area contributed by atoms with Gasteiger partial charge in [0.2, 0.25) is 0 Å². The molecular weight excluding hydrogens is 356 g/mol. The number of hydrogen-bond acceptors (Lipinski definition) is 4. The van der Waals surface area contributed by atoms with Gasteiger partial charge in [-0.2, -0.15) is 0 Å². The highest BCUT2D eigenvalue weighted by molar-refractivity contribution is 6.21. The summed E-state index contributed by atoms with van der Waals surface area (Å²) in [6.07, 6.45) is 4.23. The van der Waals surface area contributed by atoms with E-state index in [0.29, 0.717) is 28.0 Å². The van der Waals surface area contributed by atoms with Crippen molar-refractivity contribution in [1.29, 1.82) is 0 Å². The number of rotatable bonds is 5. The average molecular weight is 378 g/mol. The third-order valence-electron chi connectivity index (χ3n) is 5.42. The number of imide groups is 1. The third-order valence-corrected chi connectivity index (χ3v) is 5.42. The molecule has 0 spiro atoms. The van der Waals surface area contributed by atoms with Gasteiger partial charge in [-0.05, 0) is 42.7 Å². The molecule has 1 aliphatic heterocycles. The van der Waals surface area contributed by atoms with Crippen LogP contribution < -0.4 is 10.1 Å². The second kappa shape index (κ2) is 7.46. The number of nitrogens with zero attached hydrogens (tertiary/aromatic N) is 1. The van der Waals surface area contributed by atoms with Gasteiger partial charge in [-0.25, -0.2) is 0 Å². The van der Waals surface area contributed by atoms with Crippen LogP contribution in [0.1, 0.15) is 62.3 Å². The normalized spacial score (nSPS) is 16.4. The largest absolute Gasteiger partial charge is 0.496 e. The van der Waals surface area contributed by atoms with Gasteiger partial charge in [-0.3, -0.25) is 19.3 Å². The highest BCUT2D eigenvalue weighted by Gasteiger charge is 2.35. The van der Waals surface area contributed by atoms with E-state index in [-0.39, 0.29) is 30.3 Å². The number of hydrogen-bond donors (Lipinski definition) is 1.